The molecule has 0 aliphatic heterocycles. The van der Waals surface area contributed by atoms with Crippen LogP contribution >= 0.6 is 0 Å². The maximum absolute atomic E-state index is 10.6. The van der Waals surface area contributed by atoms with Gasteiger partial charge in [0.1, 0.15) is 5.69 Å². The molecule has 0 unspecified atom stereocenters. The van der Waals surface area contributed by atoms with Crippen LogP contribution in [0.5, 0.6) is 0 Å². The minimum absolute atomic E-state index is 0. The molecule has 15 nitrogen and oxygen atoms in total. The molecule has 0 aliphatic rings. The summed E-state index contributed by atoms with van der Waals surface area (Å²) < 4.78 is 12.5. The van der Waals surface area contributed by atoms with E-state index in [9.17, 15) is 10.5 Å². The van der Waals surface area contributed by atoms with Gasteiger partial charge < -0.3 is 22.8 Å². The predicted molar refractivity (Wildman–Crippen MR) is 566 cm³/mol. The van der Waals surface area contributed by atoms with Gasteiger partial charge in [-0.2, -0.15) is 45.5 Å². The molecular weight excluding hydrogens is 2110 g/mol. The Kier molecular flexibility index (Phi) is 31.6. The number of hydrogen-bond donors (Lipinski definition) is 0. The van der Waals surface area contributed by atoms with Crippen LogP contribution in [0.1, 0.15) is 161 Å². The monoisotopic (exact) mass is 2220 g/mol. The number of aryl methyl sites for hydroxylation is 27. The second-order valence-electron chi connectivity index (χ2n) is 38.1. The van der Waals surface area contributed by atoms with Crippen molar-refractivity contribution in [2.45, 2.75) is 181 Å². The van der Waals surface area contributed by atoms with Crippen LogP contribution in [0.15, 0.2) is 268 Å². The fourth-order valence-electron chi connectivity index (χ4n) is 21.0. The van der Waals surface area contributed by atoms with E-state index in [0.717, 1.165) is 185 Å². The Morgan fingerprint density at radius 2 is 0.531 bits per heavy atom. The molecule has 0 saturated carbocycles. The van der Waals surface area contributed by atoms with E-state index in [0.29, 0.717) is 55.3 Å². The van der Waals surface area contributed by atoms with Gasteiger partial charge in [0.25, 0.3) is 0 Å². The van der Waals surface area contributed by atoms with Crippen LogP contribution in [0, 0.1) is 169 Å². The molecule has 19 aromatic rings. The topological polar surface area (TPSA) is 159 Å². The van der Waals surface area contributed by atoms with Gasteiger partial charge in [0.05, 0.1) is 47.8 Å². The van der Waals surface area contributed by atoms with Crippen molar-refractivity contribution in [3.8, 4) is 103 Å². The molecule has 17 heteroatoms. The van der Waals surface area contributed by atoms with Gasteiger partial charge in [-0.25, -0.2) is 0 Å². The van der Waals surface area contributed by atoms with Crippen molar-refractivity contribution >= 4 is 5.69 Å². The average Bonchev–Trinajstić information content (AvgIpc) is 1.72. The summed E-state index contributed by atoms with van der Waals surface area (Å²) in [7, 11) is 0. The summed E-state index contributed by atoms with van der Waals surface area (Å²) in [6.45, 7) is 40.3. The molecule has 0 fully saturated rings. The van der Waals surface area contributed by atoms with E-state index >= 15 is 0 Å². The second-order valence-corrected chi connectivity index (χ2v) is 38.1. The fourth-order valence-corrected chi connectivity index (χ4v) is 21.0. The van der Waals surface area contributed by atoms with Gasteiger partial charge >= 0.3 is 40.2 Å². The molecular formula is C126H113Ir2N15. The molecule has 0 radical (unpaired) electrons. The minimum atomic E-state index is 0. The smallest absolute Gasteiger partial charge is 0.340 e. The fraction of sp³-hybridized carbons (Fsp3) is 0.214. The number of nitriles is 2. The second kappa shape index (κ2) is 44.8. The van der Waals surface area contributed by atoms with Crippen molar-refractivity contribution in [2.24, 2.45) is 0 Å². The largest absolute Gasteiger partial charge is 3.00 e. The summed E-state index contributed by atoms with van der Waals surface area (Å²) >= 11 is 0. The standard InChI is InChI=1S/C69H60N9.C57H53N6.2Ir/c1-43-29-46(4)64(47(5)30-43)76-26-23-73-67(76)58-20-17-55(61(38-58)41-70)14-11-52-35-53(12-15-56-18-21-59(39-62(56)42-71)68-74-24-27-77(68)65-48(6)31-44(2)32-49(65)7)37-54(36-52)13-16-57-19-22-60(40-63(57)72-10)69-75-25-28-78(69)66-50(8)33-45(3)34-51(66)9;1-39-32-41(3)54(42(4)33-39)61-30-27-58-56(61)51-20-14-45(15-21-51)8-11-48-36-49(38-50(37-48)13-10-47-18-24-53(25-19-47)63-29-7-26-60-63)12-9-46-16-22-52(23-17-46)57-59-28-31-62(57)55-43(5)34-40(2)35-44(55)6;;/h17-19,23-40H,11-16H2,1-9H3;7,14-20,22,24,26-38H,8-13H2,1-6H3;;/q2*-3;2*+3. The van der Waals surface area contributed by atoms with Crippen LogP contribution in [0.4, 0.5) is 5.69 Å². The van der Waals surface area contributed by atoms with Crippen LogP contribution in [0.25, 0.3) is 95.9 Å². The minimum Gasteiger partial charge on any atom is -0.340 e. The van der Waals surface area contributed by atoms with Gasteiger partial charge in [0.15, 0.2) is 0 Å². The summed E-state index contributed by atoms with van der Waals surface area (Å²) in [6, 6.07) is 95.1. The first-order valence-corrected chi connectivity index (χ1v) is 48.5. The number of nitrogens with zero attached hydrogens (tertiary/aromatic N) is 15. The molecule has 0 amide bonds. The number of hydrogen-bond acceptors (Lipinski definition) is 8. The SMILES string of the molecule is Cc1cc(C)c(-n2ccnc2-c2[c-]cc(CCc3cc(CCc4c[c-]c(-c5nccn5-c5c(C)cc(C)cc5C)cc4)cc(CCc4c[c-]c(-n5cccn5)cc4)c3)cc2)c(C)c1.[C-]#[N+]c1cc(-c2nccn2-c2c(C)cc(C)cc2C)[c-]cc1CCc1cc(CCc2c[c-]c(-c3nccn3-c3c(C)cc(C)cc3C)cc2C#N)cc(CCc2c[c-]c(-c3nccn3-c3c(C)cc(C)cc3C)cc2C#N)c1.[Ir+3].[Ir+3]. The summed E-state index contributed by atoms with van der Waals surface area (Å²) in [6.07, 6.45) is 32.6. The van der Waals surface area contributed by atoms with Crippen LogP contribution in [-0.4, -0.2) is 57.5 Å². The van der Waals surface area contributed by atoms with Crippen LogP contribution < -0.4 is 0 Å². The van der Waals surface area contributed by atoms with Crippen molar-refractivity contribution in [1.82, 2.24) is 57.5 Å². The van der Waals surface area contributed by atoms with Crippen molar-refractivity contribution in [1.29, 1.82) is 10.5 Å². The average molecular weight is 2220 g/mol. The molecule has 710 valence electrons. The molecule has 19 rings (SSSR count). The maximum Gasteiger partial charge on any atom is 3.00 e. The zero-order valence-corrected chi connectivity index (χ0v) is 88.6. The number of rotatable bonds is 29. The van der Waals surface area contributed by atoms with E-state index in [1.165, 1.54) is 94.8 Å². The molecule has 0 aliphatic carbocycles. The van der Waals surface area contributed by atoms with Crippen molar-refractivity contribution in [3.63, 3.8) is 0 Å². The van der Waals surface area contributed by atoms with Gasteiger partial charge in [0, 0.05) is 103 Å². The van der Waals surface area contributed by atoms with E-state index in [1.54, 1.807) is 24.8 Å². The molecule has 0 spiro atoms. The third-order valence-electron chi connectivity index (χ3n) is 27.0. The molecule has 6 aromatic heterocycles. The van der Waals surface area contributed by atoms with Crippen LogP contribution in [0.2, 0.25) is 0 Å². The Hall–Kier alpha value is -15.1. The molecule has 0 atom stereocenters. The van der Waals surface area contributed by atoms with Gasteiger partial charge in [-0.15, -0.1) is 159 Å². The van der Waals surface area contributed by atoms with E-state index < -0.39 is 0 Å². The summed E-state index contributed by atoms with van der Waals surface area (Å²) in [4.78, 5) is 27.8. The van der Waals surface area contributed by atoms with Crippen molar-refractivity contribution in [2.75, 3.05) is 0 Å². The number of benzene rings is 13. The van der Waals surface area contributed by atoms with Gasteiger partial charge in [0.2, 0.25) is 0 Å². The Balaban J connectivity index is 0.000000207. The Morgan fingerprint density at radius 3 is 0.797 bits per heavy atom. The molecule has 0 saturated heterocycles. The van der Waals surface area contributed by atoms with E-state index in [1.807, 2.05) is 84.3 Å². The Bertz CT molecular complexity index is 7300. The molecule has 6 heterocycles. The van der Waals surface area contributed by atoms with Crippen molar-refractivity contribution in [3.05, 3.63) is 478 Å². The third kappa shape index (κ3) is 22.8. The van der Waals surface area contributed by atoms with E-state index in [-0.39, 0.29) is 40.2 Å². The third-order valence-corrected chi connectivity index (χ3v) is 27.0. The zero-order valence-electron chi connectivity index (χ0n) is 83.8. The quantitative estimate of drug-likeness (QED) is 0.0419. The molecule has 0 N–H and O–H groups in total. The zero-order chi connectivity index (χ0) is 98.2. The van der Waals surface area contributed by atoms with E-state index in [2.05, 4.69) is 349 Å². The normalized spacial score (nSPS) is 11.1. The first-order valence-electron chi connectivity index (χ1n) is 48.5. The number of imidazole rings is 5. The summed E-state index contributed by atoms with van der Waals surface area (Å²) in [5, 5.41) is 25.5. The molecule has 0 bridgehead atoms. The predicted octanol–water partition coefficient (Wildman–Crippen LogP) is 27.3. The van der Waals surface area contributed by atoms with Gasteiger partial charge in [-0.1, -0.05) is 163 Å². The van der Waals surface area contributed by atoms with Gasteiger partial charge in [-0.05, 0) is 254 Å². The Morgan fingerprint density at radius 1 is 0.273 bits per heavy atom. The maximum atomic E-state index is 10.6. The number of aromatic nitrogens is 12. The van der Waals surface area contributed by atoms with Crippen LogP contribution in [0.3, 0.4) is 0 Å². The van der Waals surface area contributed by atoms with Gasteiger partial charge in [-0.3, -0.25) is 34.4 Å². The Labute approximate surface area is 869 Å². The summed E-state index contributed by atoms with van der Waals surface area (Å²) in [5.74, 6) is 4.04. The van der Waals surface area contributed by atoms with Crippen LogP contribution in [-0.2, 0) is 117 Å². The molecule has 143 heavy (non-hydrogen) atoms. The van der Waals surface area contributed by atoms with Crippen molar-refractivity contribution < 1.29 is 40.2 Å². The van der Waals surface area contributed by atoms with E-state index in [4.69, 9.17) is 31.5 Å². The summed E-state index contributed by atoms with van der Waals surface area (Å²) in [5.41, 5.74) is 44.8. The first kappa shape index (κ1) is 101. The first-order chi connectivity index (χ1) is 68.3. The molecule has 13 aromatic carbocycles.